The van der Waals surface area contributed by atoms with Crippen LogP contribution in [0.15, 0.2) is 17.5 Å². The van der Waals surface area contributed by atoms with Gasteiger partial charge < -0.3 is 15.8 Å². The number of hydrogen-bond donors (Lipinski definition) is 2. The number of nitrogen functional groups attached to an aromatic ring is 1. The van der Waals surface area contributed by atoms with Gasteiger partial charge in [-0.25, -0.2) is 9.97 Å². The predicted octanol–water partition coefficient (Wildman–Crippen LogP) is 2.44. The maximum Gasteiger partial charge on any atom is 0.158 e. The summed E-state index contributed by atoms with van der Waals surface area (Å²) in [4.78, 5) is 9.79. The van der Waals surface area contributed by atoms with E-state index in [1.54, 1.807) is 24.5 Å². The molecule has 5 nitrogen and oxygen atoms in total. The Kier molecular flexibility index (Phi) is 4.70. The predicted molar refractivity (Wildman–Crippen MR) is 78.2 cm³/mol. The Morgan fingerprint density at radius 2 is 2.26 bits per heavy atom. The number of hydrogen-bond acceptors (Lipinski definition) is 6. The van der Waals surface area contributed by atoms with Gasteiger partial charge in [-0.15, -0.1) is 11.3 Å². The van der Waals surface area contributed by atoms with E-state index in [9.17, 15) is 0 Å². The van der Waals surface area contributed by atoms with Crippen LogP contribution in [-0.2, 0) is 24.3 Å². The summed E-state index contributed by atoms with van der Waals surface area (Å²) in [5, 5.41) is 5.40. The summed E-state index contributed by atoms with van der Waals surface area (Å²) in [6.45, 7) is 3.27. The van der Waals surface area contributed by atoms with E-state index >= 15 is 0 Å². The number of aromatic nitrogens is 2. The first-order valence-corrected chi connectivity index (χ1v) is 7.02. The summed E-state index contributed by atoms with van der Waals surface area (Å²) in [7, 11) is 1.61. The molecule has 0 aliphatic rings. The van der Waals surface area contributed by atoms with Crippen molar-refractivity contribution in [3.63, 3.8) is 0 Å². The Morgan fingerprint density at radius 3 is 3.00 bits per heavy atom. The van der Waals surface area contributed by atoms with Gasteiger partial charge in [0.05, 0.1) is 6.54 Å². The lowest BCUT2D eigenvalue weighted by Gasteiger charge is -2.08. The van der Waals surface area contributed by atoms with Crippen molar-refractivity contribution in [3.8, 4) is 0 Å². The molecule has 0 atom stereocenters. The molecule has 6 heteroatoms. The van der Waals surface area contributed by atoms with Crippen molar-refractivity contribution in [2.45, 2.75) is 26.5 Å². The number of ether oxygens (including phenoxy) is 1. The maximum atomic E-state index is 5.75. The summed E-state index contributed by atoms with van der Waals surface area (Å²) >= 11 is 1.75. The number of nitrogens with one attached hydrogen (secondary N) is 1. The molecule has 0 aromatic carbocycles. The van der Waals surface area contributed by atoms with E-state index in [1.807, 2.05) is 0 Å². The fourth-order valence-electron chi connectivity index (χ4n) is 1.81. The van der Waals surface area contributed by atoms with E-state index in [0.717, 1.165) is 18.8 Å². The van der Waals surface area contributed by atoms with Gasteiger partial charge in [-0.2, -0.15) is 0 Å². The molecule has 0 amide bonds. The highest BCUT2D eigenvalue weighted by atomic mass is 32.1. The lowest BCUT2D eigenvalue weighted by Crippen LogP contribution is -2.07. The van der Waals surface area contributed by atoms with Crippen molar-refractivity contribution in [1.29, 1.82) is 0 Å². The average Bonchev–Trinajstić information content (AvgIpc) is 2.83. The number of thiophene rings is 1. The van der Waals surface area contributed by atoms with Crippen molar-refractivity contribution < 1.29 is 4.74 Å². The third-order valence-corrected chi connectivity index (χ3v) is 3.68. The van der Waals surface area contributed by atoms with Gasteiger partial charge in [-0.05, 0) is 23.4 Å². The molecule has 19 heavy (non-hydrogen) atoms. The van der Waals surface area contributed by atoms with Crippen LogP contribution in [0.4, 0.5) is 11.6 Å². The van der Waals surface area contributed by atoms with Gasteiger partial charge in [-0.3, -0.25) is 0 Å². The number of aryl methyl sites for hydroxylation is 1. The molecule has 0 aliphatic carbocycles. The zero-order chi connectivity index (χ0) is 13.7. The van der Waals surface area contributed by atoms with Crippen LogP contribution in [0.1, 0.15) is 23.2 Å². The summed E-state index contributed by atoms with van der Waals surface area (Å²) in [6.07, 6.45) is 1.04. The summed E-state index contributed by atoms with van der Waals surface area (Å²) in [6, 6.07) is 3.89. The monoisotopic (exact) mass is 278 g/mol. The SMILES string of the molecule is CCc1ccsc1CNc1cc(N)nc(COC)n1. The second-order valence-electron chi connectivity index (χ2n) is 4.10. The largest absolute Gasteiger partial charge is 0.384 e. The van der Waals surface area contributed by atoms with Gasteiger partial charge >= 0.3 is 0 Å². The Morgan fingerprint density at radius 1 is 1.42 bits per heavy atom. The van der Waals surface area contributed by atoms with E-state index in [2.05, 4.69) is 33.7 Å². The highest BCUT2D eigenvalue weighted by Crippen LogP contribution is 2.19. The zero-order valence-electron chi connectivity index (χ0n) is 11.1. The van der Waals surface area contributed by atoms with Crippen molar-refractivity contribution in [2.75, 3.05) is 18.2 Å². The number of methoxy groups -OCH3 is 1. The van der Waals surface area contributed by atoms with Gasteiger partial charge in [0.2, 0.25) is 0 Å². The van der Waals surface area contributed by atoms with Crippen LogP contribution in [0.5, 0.6) is 0 Å². The van der Waals surface area contributed by atoms with E-state index in [4.69, 9.17) is 10.5 Å². The number of nitrogens with zero attached hydrogens (tertiary/aromatic N) is 2. The van der Waals surface area contributed by atoms with Gasteiger partial charge in [0.1, 0.15) is 18.2 Å². The molecule has 2 rings (SSSR count). The minimum Gasteiger partial charge on any atom is -0.384 e. The van der Waals surface area contributed by atoms with Gasteiger partial charge in [0, 0.05) is 18.1 Å². The lowest BCUT2D eigenvalue weighted by molar-refractivity contribution is 0.178. The molecule has 0 bridgehead atoms. The number of nitrogens with two attached hydrogens (primary N) is 1. The summed E-state index contributed by atoms with van der Waals surface area (Å²) < 4.78 is 5.02. The normalized spacial score (nSPS) is 10.6. The third kappa shape index (κ3) is 3.65. The van der Waals surface area contributed by atoms with E-state index in [-0.39, 0.29) is 0 Å². The molecule has 0 spiro atoms. The minimum atomic E-state index is 0.360. The Bertz CT molecular complexity index is 541. The first kappa shape index (κ1) is 13.8. The second kappa shape index (κ2) is 6.49. The molecule has 2 aromatic heterocycles. The van der Waals surface area contributed by atoms with E-state index in [0.29, 0.717) is 18.2 Å². The van der Waals surface area contributed by atoms with Gasteiger partial charge in [0.15, 0.2) is 5.82 Å². The number of rotatable bonds is 6. The Hall–Kier alpha value is -1.66. The van der Waals surface area contributed by atoms with Crippen LogP contribution in [0, 0.1) is 0 Å². The maximum absolute atomic E-state index is 5.75. The van der Waals surface area contributed by atoms with Crippen LogP contribution in [0.25, 0.3) is 0 Å². The smallest absolute Gasteiger partial charge is 0.158 e. The van der Waals surface area contributed by atoms with Crippen molar-refractivity contribution >= 4 is 23.0 Å². The highest BCUT2D eigenvalue weighted by molar-refractivity contribution is 7.10. The molecule has 0 saturated carbocycles. The van der Waals surface area contributed by atoms with Crippen LogP contribution < -0.4 is 11.1 Å². The molecule has 2 aromatic rings. The van der Waals surface area contributed by atoms with Crippen LogP contribution >= 0.6 is 11.3 Å². The first-order valence-electron chi connectivity index (χ1n) is 6.14. The lowest BCUT2D eigenvalue weighted by atomic mass is 10.2. The van der Waals surface area contributed by atoms with Crippen molar-refractivity contribution in [3.05, 3.63) is 33.8 Å². The first-order chi connectivity index (χ1) is 9.22. The zero-order valence-corrected chi connectivity index (χ0v) is 12.0. The van der Waals surface area contributed by atoms with Crippen molar-refractivity contribution in [1.82, 2.24) is 9.97 Å². The van der Waals surface area contributed by atoms with Crippen LogP contribution in [0.2, 0.25) is 0 Å². The molecule has 0 aliphatic heterocycles. The molecule has 0 saturated heterocycles. The van der Waals surface area contributed by atoms with Gasteiger partial charge in [0.25, 0.3) is 0 Å². The molecule has 3 N–H and O–H groups in total. The average molecular weight is 278 g/mol. The third-order valence-electron chi connectivity index (χ3n) is 2.71. The minimum absolute atomic E-state index is 0.360. The molecule has 0 unspecified atom stereocenters. The fourth-order valence-corrected chi connectivity index (χ4v) is 2.73. The summed E-state index contributed by atoms with van der Waals surface area (Å²) in [5.41, 5.74) is 7.12. The standard InChI is InChI=1S/C13H18N4OS/c1-3-9-4-5-19-10(9)7-15-12-6-11(14)16-13(17-12)8-18-2/h4-6H,3,7-8H2,1-2H3,(H3,14,15,16,17). The van der Waals surface area contributed by atoms with Crippen molar-refractivity contribution in [2.24, 2.45) is 0 Å². The quantitative estimate of drug-likeness (QED) is 0.849. The summed E-state index contributed by atoms with van der Waals surface area (Å²) in [5.74, 6) is 1.77. The van der Waals surface area contributed by atoms with Crippen LogP contribution in [0.3, 0.4) is 0 Å². The molecular weight excluding hydrogens is 260 g/mol. The van der Waals surface area contributed by atoms with Gasteiger partial charge in [-0.1, -0.05) is 6.92 Å². The van der Waals surface area contributed by atoms with Crippen LogP contribution in [-0.4, -0.2) is 17.1 Å². The molecule has 0 radical (unpaired) electrons. The van der Waals surface area contributed by atoms with E-state index < -0.39 is 0 Å². The Balaban J connectivity index is 2.06. The fraction of sp³-hybridized carbons (Fsp3) is 0.385. The topological polar surface area (TPSA) is 73.1 Å². The Labute approximate surface area is 116 Å². The molecule has 102 valence electrons. The molecule has 0 fully saturated rings. The molecular formula is C13H18N4OS. The molecule has 2 heterocycles. The number of anilines is 2. The van der Waals surface area contributed by atoms with E-state index in [1.165, 1.54) is 10.4 Å². The second-order valence-corrected chi connectivity index (χ2v) is 5.10. The highest BCUT2D eigenvalue weighted by Gasteiger charge is 2.05.